The van der Waals surface area contributed by atoms with Crippen LogP contribution in [0.1, 0.15) is 6.92 Å². The zero-order valence-electron chi connectivity index (χ0n) is 10.6. The summed E-state index contributed by atoms with van der Waals surface area (Å²) in [5.74, 6) is -1.38. The number of hydrogen-bond acceptors (Lipinski definition) is 5. The van der Waals surface area contributed by atoms with Gasteiger partial charge >= 0.3 is 5.97 Å². The summed E-state index contributed by atoms with van der Waals surface area (Å²) in [7, 11) is -2.74. The maximum absolute atomic E-state index is 13.0. The first-order chi connectivity index (χ1) is 8.82. The van der Waals surface area contributed by atoms with E-state index in [2.05, 4.69) is 4.74 Å². The van der Waals surface area contributed by atoms with E-state index >= 15 is 0 Å². The maximum Gasteiger partial charge on any atom is 0.321 e. The van der Waals surface area contributed by atoms with E-state index in [-0.39, 0.29) is 17.1 Å². The van der Waals surface area contributed by atoms with Crippen LogP contribution in [0.3, 0.4) is 0 Å². The van der Waals surface area contributed by atoms with Gasteiger partial charge in [-0.05, 0) is 18.2 Å². The molecule has 1 aromatic rings. The SMILES string of the molecule is CCN(CC(=O)OC)S(=O)(=O)c1ccc(F)c(N)c1. The summed E-state index contributed by atoms with van der Waals surface area (Å²) in [5, 5.41) is 0. The summed E-state index contributed by atoms with van der Waals surface area (Å²) in [6.07, 6.45) is 0. The summed E-state index contributed by atoms with van der Waals surface area (Å²) < 4.78 is 42.8. The number of carbonyl (C=O) groups is 1. The molecule has 0 aromatic heterocycles. The summed E-state index contributed by atoms with van der Waals surface area (Å²) in [5.41, 5.74) is 5.07. The average molecular weight is 290 g/mol. The highest BCUT2D eigenvalue weighted by Crippen LogP contribution is 2.20. The molecule has 2 N–H and O–H groups in total. The normalized spacial score (nSPS) is 11.6. The number of ether oxygens (including phenoxy) is 1. The molecule has 8 heteroatoms. The van der Waals surface area contributed by atoms with Crippen molar-refractivity contribution in [1.29, 1.82) is 0 Å². The number of methoxy groups -OCH3 is 1. The van der Waals surface area contributed by atoms with Gasteiger partial charge in [0.15, 0.2) is 0 Å². The number of benzene rings is 1. The monoisotopic (exact) mass is 290 g/mol. The van der Waals surface area contributed by atoms with E-state index in [9.17, 15) is 17.6 Å². The molecule has 0 saturated carbocycles. The molecule has 106 valence electrons. The number of likely N-dealkylation sites (N-methyl/N-ethyl adjacent to an activating group) is 1. The fourth-order valence-corrected chi connectivity index (χ4v) is 2.84. The topological polar surface area (TPSA) is 89.7 Å². The fraction of sp³-hybridized carbons (Fsp3) is 0.364. The molecule has 0 aliphatic rings. The van der Waals surface area contributed by atoms with Crippen molar-refractivity contribution in [3.8, 4) is 0 Å². The van der Waals surface area contributed by atoms with Crippen molar-refractivity contribution in [2.45, 2.75) is 11.8 Å². The number of nitrogens with zero attached hydrogens (tertiary/aromatic N) is 1. The molecule has 1 rings (SSSR count). The van der Waals surface area contributed by atoms with Gasteiger partial charge in [-0.2, -0.15) is 4.31 Å². The Balaban J connectivity index is 3.13. The van der Waals surface area contributed by atoms with E-state index in [1.54, 1.807) is 6.92 Å². The second kappa shape index (κ2) is 5.98. The molecule has 0 unspecified atom stereocenters. The van der Waals surface area contributed by atoms with Crippen molar-refractivity contribution in [3.05, 3.63) is 24.0 Å². The molecule has 0 fully saturated rings. The molecule has 0 saturated heterocycles. The molecule has 0 heterocycles. The summed E-state index contributed by atoms with van der Waals surface area (Å²) >= 11 is 0. The minimum Gasteiger partial charge on any atom is -0.468 e. The van der Waals surface area contributed by atoms with Crippen LogP contribution in [0.15, 0.2) is 23.1 Å². The molecule has 0 spiro atoms. The highest BCUT2D eigenvalue weighted by Gasteiger charge is 2.26. The smallest absolute Gasteiger partial charge is 0.321 e. The van der Waals surface area contributed by atoms with Gasteiger partial charge in [-0.25, -0.2) is 12.8 Å². The van der Waals surface area contributed by atoms with Crippen molar-refractivity contribution in [3.63, 3.8) is 0 Å². The third kappa shape index (κ3) is 3.42. The number of hydrogen-bond donors (Lipinski definition) is 1. The number of esters is 1. The number of carbonyl (C=O) groups excluding carboxylic acids is 1. The lowest BCUT2D eigenvalue weighted by Gasteiger charge is -2.19. The van der Waals surface area contributed by atoms with Crippen molar-refractivity contribution < 1.29 is 22.3 Å². The second-order valence-electron chi connectivity index (χ2n) is 3.69. The number of rotatable bonds is 5. The molecular weight excluding hydrogens is 275 g/mol. The van der Waals surface area contributed by atoms with Crippen LogP contribution in [0.5, 0.6) is 0 Å². The largest absolute Gasteiger partial charge is 0.468 e. The van der Waals surface area contributed by atoms with Crippen molar-refractivity contribution in [2.75, 3.05) is 25.9 Å². The summed E-state index contributed by atoms with van der Waals surface area (Å²) in [6.45, 7) is 1.24. The van der Waals surface area contributed by atoms with E-state index in [1.807, 2.05) is 0 Å². The van der Waals surface area contributed by atoms with Gasteiger partial charge in [0.1, 0.15) is 12.4 Å². The fourth-order valence-electron chi connectivity index (χ4n) is 1.41. The van der Waals surface area contributed by atoms with Crippen LogP contribution in [0, 0.1) is 5.82 Å². The molecule has 0 amide bonds. The van der Waals surface area contributed by atoms with Crippen LogP contribution in [0.4, 0.5) is 10.1 Å². The molecule has 19 heavy (non-hydrogen) atoms. The van der Waals surface area contributed by atoms with Crippen molar-refractivity contribution in [1.82, 2.24) is 4.31 Å². The first-order valence-corrected chi connectivity index (χ1v) is 6.89. The van der Waals surface area contributed by atoms with Gasteiger partial charge in [-0.15, -0.1) is 0 Å². The summed E-state index contributed by atoms with van der Waals surface area (Å²) in [6, 6.07) is 3.08. The van der Waals surface area contributed by atoms with E-state index in [0.717, 1.165) is 22.5 Å². The molecule has 1 aromatic carbocycles. The van der Waals surface area contributed by atoms with Crippen LogP contribution in [0.2, 0.25) is 0 Å². The predicted octanol–water partition coefficient (Wildman–Crippen LogP) is 0.592. The predicted molar refractivity (Wildman–Crippen MR) is 67.3 cm³/mol. The van der Waals surface area contributed by atoms with Crippen LogP contribution < -0.4 is 5.73 Å². The Morgan fingerprint density at radius 2 is 2.11 bits per heavy atom. The van der Waals surface area contributed by atoms with E-state index in [4.69, 9.17) is 5.73 Å². The molecule has 0 bridgehead atoms. The van der Waals surface area contributed by atoms with Crippen LogP contribution in [-0.4, -0.2) is 38.9 Å². The third-order valence-electron chi connectivity index (χ3n) is 2.49. The Labute approximate surface area is 111 Å². The van der Waals surface area contributed by atoms with Crippen LogP contribution in [0.25, 0.3) is 0 Å². The molecular formula is C11H15FN2O4S. The lowest BCUT2D eigenvalue weighted by Crippen LogP contribution is -2.36. The first kappa shape index (κ1) is 15.4. The number of halogens is 1. The van der Waals surface area contributed by atoms with Gasteiger partial charge in [0.25, 0.3) is 0 Å². The molecule has 0 aliphatic heterocycles. The van der Waals surface area contributed by atoms with Gasteiger partial charge in [0, 0.05) is 6.54 Å². The van der Waals surface area contributed by atoms with Crippen LogP contribution in [-0.2, 0) is 19.6 Å². The van der Waals surface area contributed by atoms with E-state index < -0.39 is 28.4 Å². The third-order valence-corrected chi connectivity index (χ3v) is 4.41. The molecule has 6 nitrogen and oxygen atoms in total. The molecule has 0 radical (unpaired) electrons. The zero-order valence-corrected chi connectivity index (χ0v) is 11.4. The maximum atomic E-state index is 13.0. The number of nitrogens with two attached hydrogens (primary N) is 1. The Morgan fingerprint density at radius 3 is 2.58 bits per heavy atom. The van der Waals surface area contributed by atoms with Gasteiger partial charge in [0.05, 0.1) is 17.7 Å². The zero-order chi connectivity index (χ0) is 14.6. The van der Waals surface area contributed by atoms with Gasteiger partial charge in [-0.3, -0.25) is 4.79 Å². The van der Waals surface area contributed by atoms with Gasteiger partial charge < -0.3 is 10.5 Å². The van der Waals surface area contributed by atoms with Crippen LogP contribution >= 0.6 is 0 Å². The van der Waals surface area contributed by atoms with Gasteiger partial charge in [-0.1, -0.05) is 6.92 Å². The Hall–Kier alpha value is -1.67. The van der Waals surface area contributed by atoms with Gasteiger partial charge in [0.2, 0.25) is 10.0 Å². The number of nitrogen functional groups attached to an aromatic ring is 1. The highest BCUT2D eigenvalue weighted by molar-refractivity contribution is 7.89. The minimum atomic E-state index is -3.91. The average Bonchev–Trinajstić information content (AvgIpc) is 2.38. The molecule has 0 atom stereocenters. The lowest BCUT2D eigenvalue weighted by molar-refractivity contribution is -0.140. The Kier molecular flexibility index (Phi) is 4.84. The number of sulfonamides is 1. The standard InChI is InChI=1S/C11H15FN2O4S/c1-3-14(7-11(15)18-2)19(16,17)8-4-5-9(12)10(13)6-8/h4-6H,3,7,13H2,1-2H3. The lowest BCUT2D eigenvalue weighted by atomic mass is 10.3. The molecule has 0 aliphatic carbocycles. The minimum absolute atomic E-state index is 0.0781. The Bertz CT molecular complexity index is 574. The first-order valence-electron chi connectivity index (χ1n) is 5.45. The summed E-state index contributed by atoms with van der Waals surface area (Å²) in [4.78, 5) is 11.0. The van der Waals surface area contributed by atoms with Crippen molar-refractivity contribution in [2.24, 2.45) is 0 Å². The van der Waals surface area contributed by atoms with Crippen molar-refractivity contribution >= 4 is 21.7 Å². The van der Waals surface area contributed by atoms with E-state index in [0.29, 0.717) is 0 Å². The number of anilines is 1. The Morgan fingerprint density at radius 1 is 1.47 bits per heavy atom. The quantitative estimate of drug-likeness (QED) is 0.633. The van der Waals surface area contributed by atoms with E-state index in [1.165, 1.54) is 7.11 Å². The highest BCUT2D eigenvalue weighted by atomic mass is 32.2. The second-order valence-corrected chi connectivity index (χ2v) is 5.63.